The molecule has 0 saturated carbocycles. The number of rotatable bonds is 27. The summed E-state index contributed by atoms with van der Waals surface area (Å²) >= 11 is 0. The third-order valence-electron chi connectivity index (χ3n) is 9.06. The van der Waals surface area contributed by atoms with Crippen LogP contribution in [-0.4, -0.2) is 132 Å². The molecular weight excluding hydrogens is 837 g/mol. The summed E-state index contributed by atoms with van der Waals surface area (Å²) in [6.07, 6.45) is 2.80. The first-order valence-electron chi connectivity index (χ1n) is 20.6. The molecule has 64 heavy (non-hydrogen) atoms. The number of imidazole rings is 1. The number of urea groups is 1. The molecule has 1 aromatic heterocycles. The quantitative estimate of drug-likeness (QED) is 0.0180. The zero-order valence-electron chi connectivity index (χ0n) is 36.7. The normalized spacial score (nSPS) is 13.5. The van der Waals surface area contributed by atoms with Crippen molar-refractivity contribution in [1.29, 1.82) is 0 Å². The summed E-state index contributed by atoms with van der Waals surface area (Å²) in [6.45, 7) is 7.01. The van der Waals surface area contributed by atoms with Crippen LogP contribution in [0.25, 0.3) is 0 Å². The number of carbonyl (C=O) groups is 9. The van der Waals surface area contributed by atoms with Gasteiger partial charge in [0.25, 0.3) is 0 Å². The summed E-state index contributed by atoms with van der Waals surface area (Å²) in [5.74, 6) is -6.34. The van der Waals surface area contributed by atoms with E-state index in [1.54, 1.807) is 51.1 Å². The maximum atomic E-state index is 14.2. The van der Waals surface area contributed by atoms with Gasteiger partial charge in [-0.15, -0.1) is 0 Å². The highest BCUT2D eigenvalue weighted by molar-refractivity contribution is 5.97. The Balaban J connectivity index is 2.42. The number of hydrogen-bond acceptors (Lipinski definition) is 12. The lowest BCUT2D eigenvalue weighted by Crippen LogP contribution is -2.60. The van der Waals surface area contributed by atoms with Gasteiger partial charge in [0.2, 0.25) is 41.4 Å². The Morgan fingerprint density at radius 3 is 1.91 bits per heavy atom. The van der Waals surface area contributed by atoms with Gasteiger partial charge in [0.15, 0.2) is 5.96 Å². The fourth-order valence-corrected chi connectivity index (χ4v) is 6.02. The molecule has 0 spiro atoms. The highest BCUT2D eigenvalue weighted by Crippen LogP contribution is 2.10. The first-order valence-corrected chi connectivity index (χ1v) is 20.6. The van der Waals surface area contributed by atoms with Crippen LogP contribution < -0.4 is 59.7 Å². The minimum Gasteiger partial charge on any atom is -0.464 e. The van der Waals surface area contributed by atoms with Crippen LogP contribution in [0.15, 0.2) is 47.8 Å². The van der Waals surface area contributed by atoms with Crippen molar-refractivity contribution in [2.75, 3.05) is 26.2 Å². The van der Waals surface area contributed by atoms with E-state index in [2.05, 4.69) is 57.5 Å². The van der Waals surface area contributed by atoms with E-state index in [0.717, 1.165) is 6.92 Å². The molecule has 0 aliphatic heterocycles. The molecule has 0 radical (unpaired) electrons. The molecule has 0 bridgehead atoms. The van der Waals surface area contributed by atoms with Gasteiger partial charge in [-0.3, -0.25) is 38.6 Å². The number of aromatic nitrogens is 2. The summed E-state index contributed by atoms with van der Waals surface area (Å²) in [4.78, 5) is 128. The zero-order valence-corrected chi connectivity index (χ0v) is 36.7. The van der Waals surface area contributed by atoms with E-state index in [1.807, 2.05) is 0 Å². The second kappa shape index (κ2) is 27.6. The van der Waals surface area contributed by atoms with Gasteiger partial charge in [0.05, 0.1) is 19.5 Å². The number of benzene rings is 1. The van der Waals surface area contributed by atoms with Gasteiger partial charge in [-0.1, -0.05) is 44.2 Å². The second-order valence-corrected chi connectivity index (χ2v) is 15.1. The van der Waals surface area contributed by atoms with E-state index in [0.29, 0.717) is 11.3 Å². The smallest absolute Gasteiger partial charge is 0.328 e. The van der Waals surface area contributed by atoms with E-state index in [-0.39, 0.29) is 63.7 Å². The number of nitrogens with two attached hydrogens (primary N) is 3. The molecule has 6 atom stereocenters. The third kappa shape index (κ3) is 20.5. The SMILES string of the molecule is CCOC(=O)[C@H](C)NC(=O)CNC(=O)[C@H](Cc1ccccc1)NC(=O)[C@H](Cc1cnc[nH]1)NC(=O)[C@H](CCCN=C(N)N)NC(=O)[C@H](CC(C)C)NC(=O)[C@H](CNC(N)=O)NC(C)=O. The summed E-state index contributed by atoms with van der Waals surface area (Å²) < 4.78 is 4.90. The first-order chi connectivity index (χ1) is 30.3. The number of ether oxygens (including phenoxy) is 1. The Hall–Kier alpha value is -7.27. The molecule has 0 aliphatic carbocycles. The van der Waals surface area contributed by atoms with Crippen LogP contribution in [0.4, 0.5) is 4.79 Å². The van der Waals surface area contributed by atoms with Gasteiger partial charge in [0, 0.05) is 44.7 Å². The average Bonchev–Trinajstić information content (AvgIpc) is 3.74. The van der Waals surface area contributed by atoms with Crippen molar-refractivity contribution in [1.82, 2.24) is 52.5 Å². The van der Waals surface area contributed by atoms with Gasteiger partial charge in [-0.05, 0) is 44.6 Å². The molecule has 1 aromatic carbocycles. The van der Waals surface area contributed by atoms with Crippen LogP contribution in [0, 0.1) is 5.92 Å². The monoisotopic (exact) mass is 898 g/mol. The van der Waals surface area contributed by atoms with Crippen molar-refractivity contribution in [3.63, 3.8) is 0 Å². The number of nitrogens with one attached hydrogen (secondary N) is 9. The minimum atomic E-state index is -1.38. The lowest BCUT2D eigenvalue weighted by molar-refractivity contribution is -0.146. The molecule has 15 N–H and O–H groups in total. The number of nitrogens with zero attached hydrogens (tertiary/aromatic N) is 2. The van der Waals surface area contributed by atoms with Gasteiger partial charge in [0.1, 0.15) is 36.3 Å². The largest absolute Gasteiger partial charge is 0.464 e. The molecule has 24 heteroatoms. The number of guanidine groups is 1. The molecule has 0 saturated heterocycles. The van der Waals surface area contributed by atoms with Crippen molar-refractivity contribution in [3.05, 3.63) is 54.1 Å². The van der Waals surface area contributed by atoms with E-state index in [9.17, 15) is 43.2 Å². The number of carbonyl (C=O) groups excluding carboxylic acids is 9. The second-order valence-electron chi connectivity index (χ2n) is 15.1. The molecule has 9 amide bonds. The Kier molecular flexibility index (Phi) is 22.8. The molecular formula is C40H62N14O10. The predicted molar refractivity (Wildman–Crippen MR) is 232 cm³/mol. The Bertz CT molecular complexity index is 1910. The van der Waals surface area contributed by atoms with Crippen molar-refractivity contribution in [3.8, 4) is 0 Å². The number of amides is 9. The average molecular weight is 899 g/mol. The van der Waals surface area contributed by atoms with Crippen molar-refractivity contribution < 1.29 is 47.9 Å². The predicted octanol–water partition coefficient (Wildman–Crippen LogP) is -3.41. The number of esters is 1. The van der Waals surface area contributed by atoms with Gasteiger partial charge < -0.3 is 69.5 Å². The topological polar surface area (TPSA) is 378 Å². The van der Waals surface area contributed by atoms with Gasteiger partial charge >= 0.3 is 12.0 Å². The number of primary amides is 1. The van der Waals surface area contributed by atoms with Crippen LogP contribution in [0.2, 0.25) is 0 Å². The van der Waals surface area contributed by atoms with E-state index in [4.69, 9.17) is 21.9 Å². The number of hydrogen-bond donors (Lipinski definition) is 12. The molecule has 352 valence electrons. The van der Waals surface area contributed by atoms with Crippen LogP contribution in [0.1, 0.15) is 65.1 Å². The van der Waals surface area contributed by atoms with Crippen LogP contribution in [0.5, 0.6) is 0 Å². The molecule has 2 aromatic rings. The minimum absolute atomic E-state index is 0.0300. The lowest BCUT2D eigenvalue weighted by atomic mass is 10.0. The molecule has 24 nitrogen and oxygen atoms in total. The van der Waals surface area contributed by atoms with E-state index >= 15 is 0 Å². The third-order valence-corrected chi connectivity index (χ3v) is 9.06. The highest BCUT2D eigenvalue weighted by Gasteiger charge is 2.33. The van der Waals surface area contributed by atoms with Crippen molar-refractivity contribution in [2.24, 2.45) is 28.1 Å². The fraction of sp³-hybridized carbons (Fsp3) is 0.525. The van der Waals surface area contributed by atoms with Gasteiger partial charge in [-0.2, -0.15) is 0 Å². The standard InChI is InChI=1S/C40H62N14O10/c1-6-64-38(62)23(4)49-32(56)20-46-33(57)29(16-25-11-8-7-9-12-25)53-36(60)30(17-26-18-44-21-48-26)54-34(58)27(13-10-14-45-39(41)42)51-35(59)28(15-22(2)3)52-37(61)31(50-24(5)55)19-47-40(43)63/h7-9,11-12,18,21-23,27-31H,6,10,13-17,19-20H2,1-5H3,(H,44,48)(H,46,57)(H,49,56)(H,50,55)(H,51,59)(H,52,61)(H,53,60)(H,54,58)(H4,41,42,45)(H3,43,47,63)/t23-,27-,28-,29-,30-,31-/m0/s1. The summed E-state index contributed by atoms with van der Waals surface area (Å²) in [6, 6.07) is 0.194. The molecule has 0 aliphatic rings. The number of aromatic amines is 1. The first kappa shape index (κ1) is 52.9. The number of H-pyrrole nitrogens is 1. The zero-order chi connectivity index (χ0) is 47.8. The maximum absolute atomic E-state index is 14.2. The molecule has 0 unspecified atom stereocenters. The summed E-state index contributed by atoms with van der Waals surface area (Å²) in [7, 11) is 0. The molecule has 2 rings (SSSR count). The molecule has 0 fully saturated rings. The lowest BCUT2D eigenvalue weighted by Gasteiger charge is -2.27. The fourth-order valence-electron chi connectivity index (χ4n) is 6.02. The maximum Gasteiger partial charge on any atom is 0.328 e. The highest BCUT2D eigenvalue weighted by atomic mass is 16.5. The summed E-state index contributed by atoms with van der Waals surface area (Å²) in [5, 5.41) is 20.1. The number of aliphatic imine (C=N–C) groups is 1. The van der Waals surface area contributed by atoms with Crippen molar-refractivity contribution >= 4 is 59.3 Å². The Morgan fingerprint density at radius 2 is 1.33 bits per heavy atom. The van der Waals surface area contributed by atoms with Crippen LogP contribution in [-0.2, 0) is 55.9 Å². The van der Waals surface area contributed by atoms with E-state index in [1.165, 1.54) is 19.4 Å². The summed E-state index contributed by atoms with van der Waals surface area (Å²) in [5.41, 5.74) is 17.2. The van der Waals surface area contributed by atoms with Gasteiger partial charge in [-0.25, -0.2) is 14.6 Å². The molecule has 1 heterocycles. The Morgan fingerprint density at radius 1 is 0.734 bits per heavy atom. The van der Waals surface area contributed by atoms with Crippen LogP contribution >= 0.6 is 0 Å². The van der Waals surface area contributed by atoms with Crippen molar-refractivity contribution in [2.45, 2.75) is 103 Å². The van der Waals surface area contributed by atoms with E-state index < -0.39 is 96.1 Å². The Labute approximate surface area is 370 Å². The van der Waals surface area contributed by atoms with Crippen LogP contribution in [0.3, 0.4) is 0 Å².